The van der Waals surface area contributed by atoms with Crippen LogP contribution < -0.4 is 10.5 Å². The SMILES string of the molecule is COc1cc(I)c(Cl)c(CN)c1. The fourth-order valence-corrected chi connectivity index (χ4v) is 1.72. The third kappa shape index (κ3) is 2.02. The topological polar surface area (TPSA) is 35.2 Å². The van der Waals surface area contributed by atoms with Crippen LogP contribution in [0, 0.1) is 3.57 Å². The molecule has 0 atom stereocenters. The molecule has 66 valence electrons. The van der Waals surface area contributed by atoms with Crippen molar-refractivity contribution >= 4 is 34.2 Å². The molecule has 0 aromatic heterocycles. The summed E-state index contributed by atoms with van der Waals surface area (Å²) in [5, 5.41) is 0.721. The zero-order valence-corrected chi connectivity index (χ0v) is 9.52. The van der Waals surface area contributed by atoms with Crippen LogP contribution in [0.3, 0.4) is 0 Å². The number of nitrogens with two attached hydrogens (primary N) is 1. The largest absolute Gasteiger partial charge is 0.497 e. The van der Waals surface area contributed by atoms with Crippen molar-refractivity contribution in [3.63, 3.8) is 0 Å². The lowest BCUT2D eigenvalue weighted by molar-refractivity contribution is 0.414. The van der Waals surface area contributed by atoms with Gasteiger partial charge in [0.05, 0.1) is 12.1 Å². The van der Waals surface area contributed by atoms with Crippen molar-refractivity contribution in [2.45, 2.75) is 6.54 Å². The maximum Gasteiger partial charge on any atom is 0.120 e. The molecule has 0 bridgehead atoms. The van der Waals surface area contributed by atoms with Gasteiger partial charge in [-0.15, -0.1) is 0 Å². The van der Waals surface area contributed by atoms with E-state index in [0.717, 1.165) is 19.9 Å². The summed E-state index contributed by atoms with van der Waals surface area (Å²) < 4.78 is 6.04. The fourth-order valence-electron chi connectivity index (χ4n) is 0.885. The van der Waals surface area contributed by atoms with E-state index in [4.69, 9.17) is 22.1 Å². The quantitative estimate of drug-likeness (QED) is 0.851. The van der Waals surface area contributed by atoms with E-state index < -0.39 is 0 Å². The van der Waals surface area contributed by atoms with Gasteiger partial charge >= 0.3 is 0 Å². The predicted octanol–water partition coefficient (Wildman–Crippen LogP) is 2.41. The molecule has 1 aromatic carbocycles. The highest BCUT2D eigenvalue weighted by Gasteiger charge is 2.05. The van der Waals surface area contributed by atoms with Crippen LogP contribution in [-0.2, 0) is 6.54 Å². The summed E-state index contributed by atoms with van der Waals surface area (Å²) in [6.07, 6.45) is 0. The van der Waals surface area contributed by atoms with Gasteiger partial charge in [0.15, 0.2) is 0 Å². The Bertz CT molecular complexity index is 291. The van der Waals surface area contributed by atoms with Crippen molar-refractivity contribution in [3.8, 4) is 5.75 Å². The molecular formula is C8H9ClINO. The van der Waals surface area contributed by atoms with Gasteiger partial charge in [0.1, 0.15) is 5.75 Å². The van der Waals surface area contributed by atoms with Gasteiger partial charge in [-0.1, -0.05) is 11.6 Å². The zero-order valence-electron chi connectivity index (χ0n) is 6.60. The van der Waals surface area contributed by atoms with Crippen molar-refractivity contribution in [2.24, 2.45) is 5.73 Å². The van der Waals surface area contributed by atoms with E-state index in [0.29, 0.717) is 6.54 Å². The highest BCUT2D eigenvalue weighted by atomic mass is 127. The average Bonchev–Trinajstić information content (AvgIpc) is 2.09. The second-order valence-corrected chi connectivity index (χ2v) is 3.83. The third-order valence-corrected chi connectivity index (χ3v) is 3.15. The lowest BCUT2D eigenvalue weighted by atomic mass is 10.2. The van der Waals surface area contributed by atoms with Crippen molar-refractivity contribution in [1.29, 1.82) is 0 Å². The summed E-state index contributed by atoms with van der Waals surface area (Å²) in [6.45, 7) is 0.437. The monoisotopic (exact) mass is 297 g/mol. The highest BCUT2D eigenvalue weighted by molar-refractivity contribution is 14.1. The van der Waals surface area contributed by atoms with E-state index in [1.165, 1.54) is 0 Å². The molecule has 0 fully saturated rings. The lowest BCUT2D eigenvalue weighted by Gasteiger charge is -2.06. The normalized spacial score (nSPS) is 10.0. The van der Waals surface area contributed by atoms with Crippen LogP contribution in [0.4, 0.5) is 0 Å². The van der Waals surface area contributed by atoms with E-state index in [-0.39, 0.29) is 0 Å². The van der Waals surface area contributed by atoms with Crippen LogP contribution >= 0.6 is 34.2 Å². The van der Waals surface area contributed by atoms with E-state index >= 15 is 0 Å². The fraction of sp³-hybridized carbons (Fsp3) is 0.250. The molecule has 0 heterocycles. The van der Waals surface area contributed by atoms with E-state index in [1.54, 1.807) is 7.11 Å². The number of halogens is 2. The van der Waals surface area contributed by atoms with E-state index in [1.807, 2.05) is 12.1 Å². The van der Waals surface area contributed by atoms with Crippen molar-refractivity contribution in [2.75, 3.05) is 7.11 Å². The van der Waals surface area contributed by atoms with Crippen LogP contribution in [0.5, 0.6) is 5.75 Å². The van der Waals surface area contributed by atoms with Crippen LogP contribution in [-0.4, -0.2) is 7.11 Å². The molecule has 0 unspecified atom stereocenters. The molecule has 1 aromatic rings. The molecule has 2 N–H and O–H groups in total. The number of hydrogen-bond acceptors (Lipinski definition) is 2. The number of hydrogen-bond donors (Lipinski definition) is 1. The van der Waals surface area contributed by atoms with Crippen LogP contribution in [0.25, 0.3) is 0 Å². The van der Waals surface area contributed by atoms with Gasteiger partial charge < -0.3 is 10.5 Å². The first kappa shape index (κ1) is 10.1. The molecule has 12 heavy (non-hydrogen) atoms. The van der Waals surface area contributed by atoms with E-state index in [9.17, 15) is 0 Å². The average molecular weight is 298 g/mol. The molecule has 0 aliphatic heterocycles. The summed E-state index contributed by atoms with van der Waals surface area (Å²) in [4.78, 5) is 0. The van der Waals surface area contributed by atoms with Crippen molar-refractivity contribution in [3.05, 3.63) is 26.3 Å². The van der Waals surface area contributed by atoms with Crippen LogP contribution in [0.2, 0.25) is 5.02 Å². The van der Waals surface area contributed by atoms with Crippen molar-refractivity contribution in [1.82, 2.24) is 0 Å². The minimum atomic E-state index is 0.437. The molecule has 2 nitrogen and oxygen atoms in total. The third-order valence-electron chi connectivity index (χ3n) is 1.53. The molecule has 0 aliphatic rings. The molecule has 0 saturated heterocycles. The van der Waals surface area contributed by atoms with Gasteiger partial charge in [-0.3, -0.25) is 0 Å². The predicted molar refractivity (Wildman–Crippen MR) is 58.6 cm³/mol. The molecule has 1 rings (SSSR count). The Hall–Kier alpha value is -0.000000000000000139. The number of ether oxygens (including phenoxy) is 1. The Balaban J connectivity index is 3.19. The smallest absolute Gasteiger partial charge is 0.120 e. The number of benzene rings is 1. The summed E-state index contributed by atoms with van der Waals surface area (Å²) >= 11 is 8.13. The van der Waals surface area contributed by atoms with Gasteiger partial charge in [0.25, 0.3) is 0 Å². The second kappa shape index (κ2) is 4.30. The first-order valence-electron chi connectivity index (χ1n) is 3.41. The Labute approximate surface area is 90.2 Å². The molecule has 0 saturated carbocycles. The summed E-state index contributed by atoms with van der Waals surface area (Å²) in [6, 6.07) is 3.73. The van der Waals surface area contributed by atoms with E-state index in [2.05, 4.69) is 22.6 Å². The summed E-state index contributed by atoms with van der Waals surface area (Å²) in [5.74, 6) is 0.796. The molecule has 0 aliphatic carbocycles. The van der Waals surface area contributed by atoms with Gasteiger partial charge in [0.2, 0.25) is 0 Å². The molecular weight excluding hydrogens is 288 g/mol. The van der Waals surface area contributed by atoms with Crippen LogP contribution in [0.15, 0.2) is 12.1 Å². The molecule has 0 spiro atoms. The molecule has 0 radical (unpaired) electrons. The highest BCUT2D eigenvalue weighted by Crippen LogP contribution is 2.27. The summed E-state index contributed by atoms with van der Waals surface area (Å²) in [5.41, 5.74) is 6.42. The zero-order chi connectivity index (χ0) is 9.14. The molecule has 0 amide bonds. The minimum absolute atomic E-state index is 0.437. The van der Waals surface area contributed by atoms with Gasteiger partial charge in [-0.2, -0.15) is 0 Å². The summed E-state index contributed by atoms with van der Waals surface area (Å²) in [7, 11) is 1.62. The first-order valence-corrected chi connectivity index (χ1v) is 4.86. The van der Waals surface area contributed by atoms with Crippen molar-refractivity contribution < 1.29 is 4.74 Å². The Morgan fingerprint density at radius 3 is 2.75 bits per heavy atom. The van der Waals surface area contributed by atoms with Crippen LogP contribution in [0.1, 0.15) is 5.56 Å². The maximum absolute atomic E-state index is 5.98. The Morgan fingerprint density at radius 2 is 2.25 bits per heavy atom. The van der Waals surface area contributed by atoms with Gasteiger partial charge in [-0.05, 0) is 40.3 Å². The van der Waals surface area contributed by atoms with Gasteiger partial charge in [0, 0.05) is 10.1 Å². The standard InChI is InChI=1S/C8H9ClINO/c1-12-6-2-5(4-11)8(9)7(10)3-6/h2-3H,4,11H2,1H3. The lowest BCUT2D eigenvalue weighted by Crippen LogP contribution is -1.99. The maximum atomic E-state index is 5.98. The Morgan fingerprint density at radius 1 is 1.58 bits per heavy atom. The number of rotatable bonds is 2. The molecule has 4 heteroatoms. The Kier molecular flexibility index (Phi) is 3.61. The first-order chi connectivity index (χ1) is 5.69. The van der Waals surface area contributed by atoms with Gasteiger partial charge in [-0.25, -0.2) is 0 Å². The second-order valence-electron chi connectivity index (χ2n) is 2.29. The minimum Gasteiger partial charge on any atom is -0.497 e. The number of methoxy groups -OCH3 is 1.